The van der Waals surface area contributed by atoms with Crippen molar-refractivity contribution in [3.63, 3.8) is 0 Å². The van der Waals surface area contributed by atoms with Crippen molar-refractivity contribution in [3.8, 4) is 0 Å². The van der Waals surface area contributed by atoms with Gasteiger partial charge in [-0.15, -0.1) is 0 Å². The molecule has 2 N–H and O–H groups in total. The van der Waals surface area contributed by atoms with Crippen molar-refractivity contribution < 1.29 is 15.0 Å². The Hall–Kier alpha value is -1.98. The smallest absolute Gasteiger partial charge is 0.258 e. The summed E-state index contributed by atoms with van der Waals surface area (Å²) in [6.07, 6.45) is 9.66. The molecule has 27 heavy (non-hydrogen) atoms. The molecular formula is C22H29NO4. The lowest BCUT2D eigenvalue weighted by molar-refractivity contribution is 0.0805. The molecule has 1 aliphatic rings. The molecule has 1 heterocycles. The summed E-state index contributed by atoms with van der Waals surface area (Å²) in [4.78, 5) is 25.5. The first-order valence-corrected chi connectivity index (χ1v) is 10.0. The molecule has 0 radical (unpaired) electrons. The zero-order valence-electron chi connectivity index (χ0n) is 15.8. The van der Waals surface area contributed by atoms with Crippen molar-refractivity contribution >= 4 is 16.6 Å². The minimum absolute atomic E-state index is 0.0329. The fourth-order valence-electron chi connectivity index (χ4n) is 4.11. The molecule has 146 valence electrons. The van der Waals surface area contributed by atoms with E-state index < -0.39 is 12.7 Å². The molecule has 5 heteroatoms. The van der Waals surface area contributed by atoms with Crippen LogP contribution in [0.3, 0.4) is 0 Å². The molecule has 1 aromatic carbocycles. The second-order valence-corrected chi connectivity index (χ2v) is 7.70. The number of rotatable bonds is 7. The molecule has 5 nitrogen and oxygen atoms in total. The predicted octanol–water partition coefficient (Wildman–Crippen LogP) is 3.29. The van der Waals surface area contributed by atoms with E-state index in [2.05, 4.69) is 0 Å². The van der Waals surface area contributed by atoms with Gasteiger partial charge in [0.05, 0.1) is 19.3 Å². The normalized spacial score (nSPS) is 17.0. The lowest BCUT2D eigenvalue weighted by atomic mass is 9.91. The molecule has 1 saturated carbocycles. The van der Waals surface area contributed by atoms with Crippen LogP contribution in [0.4, 0.5) is 0 Å². The second kappa shape index (κ2) is 9.29. The Balaban J connectivity index is 1.78. The molecule has 1 aliphatic carbocycles. The Morgan fingerprint density at radius 2 is 1.85 bits per heavy atom. The standard InChI is InChI=1S/C22H29NO4/c24-15-17(25)14-23-13-12-18-19(8-5-9-20(18)22(23)27)21(26)11-10-16-6-3-1-2-4-7-16/h5,8-9,12-13,16-17,24-25H,1-4,6-7,10-11,14-15H2. The van der Waals surface area contributed by atoms with Gasteiger partial charge in [-0.1, -0.05) is 50.7 Å². The summed E-state index contributed by atoms with van der Waals surface area (Å²) < 4.78 is 1.38. The van der Waals surface area contributed by atoms with Crippen molar-refractivity contribution in [1.29, 1.82) is 0 Å². The summed E-state index contributed by atoms with van der Waals surface area (Å²) in [5.74, 6) is 0.737. The molecule has 0 saturated heterocycles. The van der Waals surface area contributed by atoms with Crippen molar-refractivity contribution in [1.82, 2.24) is 4.57 Å². The maximum atomic E-state index is 12.8. The number of aromatic nitrogens is 1. The predicted molar refractivity (Wildman–Crippen MR) is 106 cm³/mol. The Morgan fingerprint density at radius 1 is 1.11 bits per heavy atom. The van der Waals surface area contributed by atoms with Crippen LogP contribution >= 0.6 is 0 Å². The van der Waals surface area contributed by atoms with Crippen LogP contribution in [0.2, 0.25) is 0 Å². The summed E-state index contributed by atoms with van der Waals surface area (Å²) in [5, 5.41) is 19.7. The molecule has 1 unspecified atom stereocenters. The minimum atomic E-state index is -0.982. The van der Waals surface area contributed by atoms with Crippen molar-refractivity contribution in [3.05, 3.63) is 46.4 Å². The van der Waals surface area contributed by atoms with E-state index >= 15 is 0 Å². The van der Waals surface area contributed by atoms with Crippen LogP contribution in [0.25, 0.3) is 10.8 Å². The van der Waals surface area contributed by atoms with Gasteiger partial charge in [-0.05, 0) is 29.9 Å². The number of nitrogens with zero attached hydrogens (tertiary/aromatic N) is 1. The van der Waals surface area contributed by atoms with Crippen LogP contribution < -0.4 is 5.56 Å². The van der Waals surface area contributed by atoms with E-state index in [1.54, 1.807) is 30.5 Å². The van der Waals surface area contributed by atoms with Gasteiger partial charge in [0.2, 0.25) is 0 Å². The van der Waals surface area contributed by atoms with Crippen molar-refractivity contribution in [2.24, 2.45) is 5.92 Å². The van der Waals surface area contributed by atoms with E-state index in [0.29, 0.717) is 28.7 Å². The molecule has 0 aliphatic heterocycles. The average Bonchev–Trinajstić information content (AvgIpc) is 2.96. The highest BCUT2D eigenvalue weighted by molar-refractivity contribution is 6.07. The monoisotopic (exact) mass is 371 g/mol. The Morgan fingerprint density at radius 3 is 2.56 bits per heavy atom. The topological polar surface area (TPSA) is 79.5 Å². The number of carbonyl (C=O) groups excluding carboxylic acids is 1. The lowest BCUT2D eigenvalue weighted by Crippen LogP contribution is -2.28. The summed E-state index contributed by atoms with van der Waals surface area (Å²) in [6.45, 7) is -0.366. The largest absolute Gasteiger partial charge is 0.394 e. The number of benzene rings is 1. The summed E-state index contributed by atoms with van der Waals surface area (Å²) in [5.41, 5.74) is 0.353. The van der Waals surface area contributed by atoms with E-state index in [0.717, 1.165) is 6.42 Å². The van der Waals surface area contributed by atoms with Gasteiger partial charge in [0.25, 0.3) is 5.56 Å². The number of pyridine rings is 1. The highest BCUT2D eigenvalue weighted by Crippen LogP contribution is 2.27. The van der Waals surface area contributed by atoms with E-state index in [1.165, 1.54) is 43.1 Å². The SMILES string of the molecule is O=C(CCC1CCCCCC1)c1cccc2c(=O)n(CC(O)CO)ccc12. The minimum Gasteiger partial charge on any atom is -0.394 e. The number of aliphatic hydroxyl groups excluding tert-OH is 2. The Kier molecular flexibility index (Phi) is 6.80. The van der Waals surface area contributed by atoms with Crippen molar-refractivity contribution in [2.75, 3.05) is 6.61 Å². The summed E-state index contributed by atoms with van der Waals surface area (Å²) >= 11 is 0. The molecule has 3 rings (SSSR count). The molecule has 0 amide bonds. The number of Topliss-reactive ketones (excluding diaryl/α,β-unsaturated/α-hetero) is 1. The van der Waals surface area contributed by atoms with Crippen LogP contribution in [0.15, 0.2) is 35.3 Å². The molecular weight excluding hydrogens is 342 g/mol. The number of hydrogen-bond donors (Lipinski definition) is 2. The van der Waals surface area contributed by atoms with Gasteiger partial charge in [0.1, 0.15) is 0 Å². The number of fused-ring (bicyclic) bond motifs is 1. The number of aliphatic hydroxyl groups is 2. The molecule has 1 aromatic heterocycles. The van der Waals surface area contributed by atoms with Gasteiger partial charge in [0.15, 0.2) is 5.78 Å². The number of ketones is 1. The fraction of sp³-hybridized carbons (Fsp3) is 0.545. The Labute approximate surface area is 159 Å². The zero-order chi connectivity index (χ0) is 19.2. The van der Waals surface area contributed by atoms with E-state index in [-0.39, 0.29) is 17.9 Å². The number of carbonyl (C=O) groups is 1. The van der Waals surface area contributed by atoms with Crippen LogP contribution in [0.5, 0.6) is 0 Å². The van der Waals surface area contributed by atoms with Gasteiger partial charge in [-0.3, -0.25) is 9.59 Å². The molecule has 0 spiro atoms. The van der Waals surface area contributed by atoms with Gasteiger partial charge >= 0.3 is 0 Å². The first-order valence-electron chi connectivity index (χ1n) is 10.0. The van der Waals surface area contributed by atoms with E-state index in [1.807, 2.05) is 0 Å². The fourth-order valence-corrected chi connectivity index (χ4v) is 4.11. The van der Waals surface area contributed by atoms with Gasteiger partial charge in [0, 0.05) is 23.6 Å². The Bertz CT molecular complexity index is 834. The summed E-state index contributed by atoms with van der Waals surface area (Å²) in [7, 11) is 0. The highest BCUT2D eigenvalue weighted by atomic mass is 16.3. The average molecular weight is 371 g/mol. The molecule has 1 fully saturated rings. The quantitative estimate of drug-likeness (QED) is 0.578. The van der Waals surface area contributed by atoms with Gasteiger partial charge in [-0.25, -0.2) is 0 Å². The molecule has 1 atom stereocenters. The highest BCUT2D eigenvalue weighted by Gasteiger charge is 2.17. The molecule has 0 bridgehead atoms. The van der Waals surface area contributed by atoms with Crippen LogP contribution in [-0.2, 0) is 6.54 Å². The third-order valence-corrected chi connectivity index (χ3v) is 5.69. The van der Waals surface area contributed by atoms with E-state index in [4.69, 9.17) is 5.11 Å². The van der Waals surface area contributed by atoms with Crippen LogP contribution in [0.1, 0.15) is 61.7 Å². The maximum Gasteiger partial charge on any atom is 0.258 e. The van der Waals surface area contributed by atoms with Crippen molar-refractivity contribution in [2.45, 2.75) is 64.0 Å². The maximum absolute atomic E-state index is 12.8. The molecule has 2 aromatic rings. The lowest BCUT2D eigenvalue weighted by Gasteiger charge is -2.14. The first-order chi connectivity index (χ1) is 13.1. The first kappa shape index (κ1) is 19.8. The van der Waals surface area contributed by atoms with E-state index in [9.17, 15) is 14.7 Å². The number of hydrogen-bond acceptors (Lipinski definition) is 4. The zero-order valence-corrected chi connectivity index (χ0v) is 15.8. The van der Waals surface area contributed by atoms with Gasteiger partial charge < -0.3 is 14.8 Å². The van der Waals surface area contributed by atoms with Crippen LogP contribution in [-0.4, -0.2) is 33.3 Å². The third-order valence-electron chi connectivity index (χ3n) is 5.69. The van der Waals surface area contributed by atoms with Gasteiger partial charge in [-0.2, -0.15) is 0 Å². The summed E-state index contributed by atoms with van der Waals surface area (Å²) in [6, 6.07) is 7.01. The van der Waals surface area contributed by atoms with Crippen LogP contribution in [0, 0.1) is 5.92 Å². The second-order valence-electron chi connectivity index (χ2n) is 7.70. The third kappa shape index (κ3) is 4.85.